The molecular formula is C21H30BrN7S. The molecule has 5 rings (SSSR count). The maximum atomic E-state index is 4.61. The Kier molecular flexibility index (Phi) is 6.48. The zero-order valence-electron chi connectivity index (χ0n) is 17.4. The van der Waals surface area contributed by atoms with Crippen LogP contribution < -0.4 is 9.80 Å². The highest BCUT2D eigenvalue weighted by Crippen LogP contribution is 2.34. The number of anilines is 2. The smallest absolute Gasteiger partial charge is 0.225 e. The number of nitrogens with zero attached hydrogens (tertiary/aromatic N) is 7. The van der Waals surface area contributed by atoms with E-state index in [9.17, 15) is 0 Å². The Morgan fingerprint density at radius 3 is 2.37 bits per heavy atom. The van der Waals surface area contributed by atoms with E-state index in [4.69, 9.17) is 0 Å². The summed E-state index contributed by atoms with van der Waals surface area (Å²) in [5.41, 5.74) is 0. The highest BCUT2D eigenvalue weighted by Gasteiger charge is 2.29. The average molecular weight is 492 g/mol. The molecule has 0 aromatic carbocycles. The van der Waals surface area contributed by atoms with E-state index in [0.29, 0.717) is 5.92 Å². The average Bonchev–Trinajstić information content (AvgIpc) is 3.31. The Morgan fingerprint density at radius 1 is 0.833 bits per heavy atom. The molecule has 162 valence electrons. The molecule has 0 saturated carbocycles. The highest BCUT2D eigenvalue weighted by molar-refractivity contribution is 9.10. The summed E-state index contributed by atoms with van der Waals surface area (Å²) in [4.78, 5) is 16.4. The molecule has 0 aliphatic carbocycles. The van der Waals surface area contributed by atoms with Crippen molar-refractivity contribution in [3.05, 3.63) is 21.9 Å². The molecule has 3 aliphatic rings. The molecule has 0 bridgehead atoms. The van der Waals surface area contributed by atoms with Gasteiger partial charge in [0.1, 0.15) is 5.01 Å². The van der Waals surface area contributed by atoms with Crippen molar-refractivity contribution in [3.8, 4) is 0 Å². The quantitative estimate of drug-likeness (QED) is 0.641. The largest absolute Gasteiger partial charge is 0.347 e. The monoisotopic (exact) mass is 491 g/mol. The van der Waals surface area contributed by atoms with E-state index in [2.05, 4.69) is 50.8 Å². The second-order valence-electron chi connectivity index (χ2n) is 8.72. The molecule has 3 saturated heterocycles. The SMILES string of the molecule is Brc1cnc(N2CCC[C@H](c3nnc(N4CCC(N5CCCCC5)CC4)s3)C2)nc1. The van der Waals surface area contributed by atoms with Crippen LogP contribution in [-0.4, -0.2) is 70.4 Å². The molecule has 2 aromatic rings. The van der Waals surface area contributed by atoms with Crippen LogP contribution >= 0.6 is 27.3 Å². The van der Waals surface area contributed by atoms with E-state index in [1.165, 1.54) is 56.6 Å². The number of rotatable bonds is 4. The van der Waals surface area contributed by atoms with E-state index in [1.54, 1.807) is 11.3 Å². The molecule has 2 aromatic heterocycles. The molecule has 3 fully saturated rings. The van der Waals surface area contributed by atoms with E-state index < -0.39 is 0 Å². The minimum absolute atomic E-state index is 0.420. The fourth-order valence-electron chi connectivity index (χ4n) is 5.05. The van der Waals surface area contributed by atoms with Gasteiger partial charge in [-0.25, -0.2) is 9.97 Å². The van der Waals surface area contributed by atoms with Crippen LogP contribution in [0.1, 0.15) is 55.9 Å². The van der Waals surface area contributed by atoms with Crippen molar-refractivity contribution < 1.29 is 0 Å². The Labute approximate surface area is 191 Å². The summed E-state index contributed by atoms with van der Waals surface area (Å²) in [5.74, 6) is 1.23. The first-order valence-electron chi connectivity index (χ1n) is 11.3. The lowest BCUT2D eigenvalue weighted by molar-refractivity contribution is 0.141. The highest BCUT2D eigenvalue weighted by atomic mass is 79.9. The lowest BCUT2D eigenvalue weighted by atomic mass is 9.99. The molecule has 30 heavy (non-hydrogen) atoms. The van der Waals surface area contributed by atoms with Crippen LogP contribution in [0.5, 0.6) is 0 Å². The van der Waals surface area contributed by atoms with Crippen LogP contribution in [0.25, 0.3) is 0 Å². The molecule has 0 spiro atoms. The lowest BCUT2D eigenvalue weighted by Crippen LogP contribution is -2.46. The van der Waals surface area contributed by atoms with Gasteiger partial charge < -0.3 is 14.7 Å². The van der Waals surface area contributed by atoms with Gasteiger partial charge >= 0.3 is 0 Å². The van der Waals surface area contributed by atoms with Gasteiger partial charge in [-0.05, 0) is 67.5 Å². The summed E-state index contributed by atoms with van der Waals surface area (Å²) in [6.45, 7) is 6.75. The zero-order chi connectivity index (χ0) is 20.3. The second-order valence-corrected chi connectivity index (χ2v) is 10.6. The van der Waals surface area contributed by atoms with Crippen LogP contribution in [0, 0.1) is 0 Å². The maximum absolute atomic E-state index is 4.61. The molecule has 5 heterocycles. The van der Waals surface area contributed by atoms with E-state index in [-0.39, 0.29) is 0 Å². The number of hydrogen-bond acceptors (Lipinski definition) is 8. The molecule has 0 N–H and O–H groups in total. The minimum Gasteiger partial charge on any atom is -0.347 e. The molecule has 1 atom stereocenters. The number of halogens is 1. The Bertz CT molecular complexity index is 815. The Morgan fingerprint density at radius 2 is 1.60 bits per heavy atom. The van der Waals surface area contributed by atoms with Gasteiger partial charge in [-0.1, -0.05) is 17.8 Å². The Balaban J connectivity index is 1.19. The number of likely N-dealkylation sites (tertiary alicyclic amines) is 1. The molecule has 7 nitrogen and oxygen atoms in total. The molecule has 0 radical (unpaired) electrons. The fraction of sp³-hybridized carbons (Fsp3) is 0.714. The van der Waals surface area contributed by atoms with Gasteiger partial charge in [0, 0.05) is 50.5 Å². The molecular weight excluding hydrogens is 462 g/mol. The van der Waals surface area contributed by atoms with Gasteiger partial charge in [-0.15, -0.1) is 10.2 Å². The van der Waals surface area contributed by atoms with Crippen LogP contribution in [0.3, 0.4) is 0 Å². The summed E-state index contributed by atoms with van der Waals surface area (Å²) >= 11 is 5.21. The zero-order valence-corrected chi connectivity index (χ0v) is 19.8. The van der Waals surface area contributed by atoms with Gasteiger partial charge in [0.2, 0.25) is 11.1 Å². The van der Waals surface area contributed by atoms with Crippen molar-refractivity contribution in [2.45, 2.75) is 56.9 Å². The van der Waals surface area contributed by atoms with Crippen LogP contribution in [0.4, 0.5) is 11.1 Å². The van der Waals surface area contributed by atoms with E-state index in [1.807, 2.05) is 12.4 Å². The van der Waals surface area contributed by atoms with Crippen molar-refractivity contribution in [3.63, 3.8) is 0 Å². The predicted octanol–water partition coefficient (Wildman–Crippen LogP) is 3.93. The van der Waals surface area contributed by atoms with Crippen LogP contribution in [0.2, 0.25) is 0 Å². The fourth-order valence-corrected chi connectivity index (χ4v) is 6.28. The summed E-state index contributed by atoms with van der Waals surface area (Å²) in [6.07, 6.45) is 12.6. The topological polar surface area (TPSA) is 61.3 Å². The van der Waals surface area contributed by atoms with Crippen molar-refractivity contribution in [2.75, 3.05) is 49.1 Å². The van der Waals surface area contributed by atoms with Gasteiger partial charge in [0.05, 0.1) is 4.47 Å². The number of aromatic nitrogens is 4. The molecule has 0 amide bonds. The van der Waals surface area contributed by atoms with Gasteiger partial charge in [0.25, 0.3) is 0 Å². The molecule has 3 aliphatic heterocycles. The second kappa shape index (κ2) is 9.44. The normalized spacial score (nSPS) is 24.4. The summed E-state index contributed by atoms with van der Waals surface area (Å²) in [5, 5.41) is 11.5. The molecule has 0 unspecified atom stereocenters. The first-order chi connectivity index (χ1) is 14.8. The van der Waals surface area contributed by atoms with Crippen molar-refractivity contribution in [2.24, 2.45) is 0 Å². The van der Waals surface area contributed by atoms with Crippen molar-refractivity contribution in [1.29, 1.82) is 0 Å². The third kappa shape index (κ3) is 4.62. The van der Waals surface area contributed by atoms with Gasteiger partial charge in [0.15, 0.2) is 0 Å². The van der Waals surface area contributed by atoms with Crippen LogP contribution in [0.15, 0.2) is 16.9 Å². The summed E-state index contributed by atoms with van der Waals surface area (Å²) in [7, 11) is 0. The summed E-state index contributed by atoms with van der Waals surface area (Å²) < 4.78 is 0.914. The standard InChI is InChI=1S/C21H30BrN7S/c22-17-13-23-20(24-14-17)29-10-4-5-16(15-29)19-25-26-21(30-19)28-11-6-18(7-12-28)27-8-2-1-3-9-27/h13-14,16,18H,1-12,15H2/t16-/m0/s1. The predicted molar refractivity (Wildman–Crippen MR) is 124 cm³/mol. The third-order valence-corrected chi connectivity index (χ3v) is 8.29. The van der Waals surface area contributed by atoms with Crippen LogP contribution in [-0.2, 0) is 0 Å². The maximum Gasteiger partial charge on any atom is 0.225 e. The Hall–Kier alpha value is -1.32. The first kappa shape index (κ1) is 20.6. The van der Waals surface area contributed by atoms with Crippen molar-refractivity contribution in [1.82, 2.24) is 25.1 Å². The van der Waals surface area contributed by atoms with Gasteiger partial charge in [-0.2, -0.15) is 0 Å². The number of piperidine rings is 3. The van der Waals surface area contributed by atoms with E-state index in [0.717, 1.165) is 54.2 Å². The summed E-state index contributed by atoms with van der Waals surface area (Å²) in [6, 6.07) is 0.770. The minimum atomic E-state index is 0.420. The number of hydrogen-bond donors (Lipinski definition) is 0. The third-order valence-electron chi connectivity index (χ3n) is 6.73. The van der Waals surface area contributed by atoms with Crippen molar-refractivity contribution >= 4 is 38.3 Å². The first-order valence-corrected chi connectivity index (χ1v) is 12.9. The van der Waals surface area contributed by atoms with E-state index >= 15 is 0 Å². The van der Waals surface area contributed by atoms with Gasteiger partial charge in [-0.3, -0.25) is 0 Å². The lowest BCUT2D eigenvalue weighted by Gasteiger charge is -2.40. The molecule has 9 heteroatoms.